The van der Waals surface area contributed by atoms with E-state index in [0.29, 0.717) is 24.6 Å². The van der Waals surface area contributed by atoms with Gasteiger partial charge in [-0.2, -0.15) is 13.2 Å². The zero-order valence-electron chi connectivity index (χ0n) is 15.9. The molecule has 0 amide bonds. The van der Waals surface area contributed by atoms with Crippen molar-refractivity contribution < 1.29 is 22.7 Å². The van der Waals surface area contributed by atoms with Crippen molar-refractivity contribution in [2.75, 3.05) is 12.3 Å². The predicted octanol–water partition coefficient (Wildman–Crippen LogP) is 5.17. The zero-order valence-corrected chi connectivity index (χ0v) is 15.9. The van der Waals surface area contributed by atoms with Gasteiger partial charge in [0.1, 0.15) is 17.7 Å². The van der Waals surface area contributed by atoms with Crippen LogP contribution in [0.15, 0.2) is 29.3 Å². The number of phenols is 1. The summed E-state index contributed by atoms with van der Waals surface area (Å²) >= 11 is 0. The minimum absolute atomic E-state index is 0.0357. The standard InChI is InChI=1S/C18H17F4N3O.C2H6/c1-9-4-12(18(20,21)22)6-15(26)16(9)14-3-2-10(17(23)25-14)7-24-8-11-5-13(11)19;1-2/h2-4,6-7,11,13,26H,5,8H2,1H3,(H2,23,25);1-2H3/t11-,13-;/m0./s1. The van der Waals surface area contributed by atoms with Crippen LogP contribution in [-0.2, 0) is 6.18 Å². The molecule has 0 radical (unpaired) electrons. The lowest BCUT2D eigenvalue weighted by atomic mass is 10.00. The number of hydrogen-bond acceptors (Lipinski definition) is 4. The molecular formula is C20H23F4N3O. The zero-order chi connectivity index (χ0) is 21.1. The first-order chi connectivity index (χ1) is 13.2. The molecule has 152 valence electrons. The van der Waals surface area contributed by atoms with Gasteiger partial charge in [-0.05, 0) is 43.2 Å². The smallest absolute Gasteiger partial charge is 0.416 e. The van der Waals surface area contributed by atoms with Crippen LogP contribution in [0, 0.1) is 12.8 Å². The number of hydrogen-bond donors (Lipinski definition) is 2. The van der Waals surface area contributed by atoms with Gasteiger partial charge in [-0.25, -0.2) is 9.37 Å². The number of nitrogen functional groups attached to an aromatic ring is 1. The van der Waals surface area contributed by atoms with Crippen LogP contribution in [0.3, 0.4) is 0 Å². The first kappa shape index (κ1) is 21.7. The Hall–Kier alpha value is -2.64. The molecule has 28 heavy (non-hydrogen) atoms. The van der Waals surface area contributed by atoms with Crippen molar-refractivity contribution >= 4 is 12.0 Å². The maximum absolute atomic E-state index is 12.8. The number of aryl methyl sites for hydroxylation is 1. The Kier molecular flexibility index (Phi) is 6.64. The summed E-state index contributed by atoms with van der Waals surface area (Å²) in [5.41, 5.74) is 6.15. The lowest BCUT2D eigenvalue weighted by molar-refractivity contribution is -0.137. The van der Waals surface area contributed by atoms with E-state index in [2.05, 4.69) is 9.98 Å². The number of phenolic OH excluding ortho intramolecular Hbond substituents is 1. The number of rotatable bonds is 4. The number of aromatic nitrogens is 1. The molecule has 0 unspecified atom stereocenters. The fourth-order valence-electron chi connectivity index (χ4n) is 2.69. The Morgan fingerprint density at radius 3 is 2.43 bits per heavy atom. The summed E-state index contributed by atoms with van der Waals surface area (Å²) in [6.45, 7) is 5.84. The number of pyridine rings is 1. The highest BCUT2D eigenvalue weighted by Gasteiger charge is 2.36. The number of alkyl halides is 4. The number of aliphatic imine (C=N–C) groups is 1. The molecule has 1 heterocycles. The molecule has 1 aromatic carbocycles. The van der Waals surface area contributed by atoms with E-state index in [1.165, 1.54) is 13.1 Å². The van der Waals surface area contributed by atoms with Crippen LogP contribution in [0.2, 0.25) is 0 Å². The van der Waals surface area contributed by atoms with Crippen molar-refractivity contribution in [3.05, 3.63) is 41.0 Å². The summed E-state index contributed by atoms with van der Waals surface area (Å²) in [6.07, 6.45) is -3.31. The first-order valence-corrected chi connectivity index (χ1v) is 8.98. The highest BCUT2D eigenvalue weighted by atomic mass is 19.4. The van der Waals surface area contributed by atoms with Gasteiger partial charge in [-0.1, -0.05) is 13.8 Å². The highest BCUT2D eigenvalue weighted by molar-refractivity contribution is 5.87. The van der Waals surface area contributed by atoms with Crippen LogP contribution >= 0.6 is 0 Å². The van der Waals surface area contributed by atoms with E-state index >= 15 is 0 Å². The molecule has 0 spiro atoms. The molecule has 0 aliphatic heterocycles. The van der Waals surface area contributed by atoms with Crippen molar-refractivity contribution in [1.29, 1.82) is 0 Å². The molecule has 0 saturated heterocycles. The fraction of sp³-hybridized carbons (Fsp3) is 0.400. The van der Waals surface area contributed by atoms with Gasteiger partial charge in [-0.3, -0.25) is 4.99 Å². The molecule has 1 saturated carbocycles. The van der Waals surface area contributed by atoms with Crippen LogP contribution in [0.5, 0.6) is 5.75 Å². The summed E-state index contributed by atoms with van der Waals surface area (Å²) in [5, 5.41) is 10.0. The van der Waals surface area contributed by atoms with E-state index in [9.17, 15) is 22.7 Å². The lowest BCUT2D eigenvalue weighted by Gasteiger charge is -2.13. The van der Waals surface area contributed by atoms with Gasteiger partial charge in [0.2, 0.25) is 0 Å². The molecule has 8 heteroatoms. The predicted molar refractivity (Wildman–Crippen MR) is 102 cm³/mol. The Balaban J connectivity index is 0.00000136. The molecule has 2 aromatic rings. The topological polar surface area (TPSA) is 71.5 Å². The van der Waals surface area contributed by atoms with Crippen LogP contribution in [0.4, 0.5) is 23.4 Å². The van der Waals surface area contributed by atoms with Gasteiger partial charge in [0.15, 0.2) is 0 Å². The van der Waals surface area contributed by atoms with Gasteiger partial charge in [0.05, 0.1) is 11.3 Å². The highest BCUT2D eigenvalue weighted by Crippen LogP contribution is 2.38. The summed E-state index contributed by atoms with van der Waals surface area (Å²) < 4.78 is 51.2. The van der Waals surface area contributed by atoms with Gasteiger partial charge in [-0.15, -0.1) is 0 Å². The van der Waals surface area contributed by atoms with Gasteiger partial charge >= 0.3 is 6.18 Å². The minimum Gasteiger partial charge on any atom is -0.507 e. The van der Waals surface area contributed by atoms with Crippen LogP contribution in [0.25, 0.3) is 11.3 Å². The Bertz CT molecular complexity index is 842. The molecule has 4 nitrogen and oxygen atoms in total. The number of aromatic hydroxyl groups is 1. The van der Waals surface area contributed by atoms with E-state index in [0.717, 1.165) is 6.07 Å². The molecule has 1 aliphatic rings. The van der Waals surface area contributed by atoms with Crippen molar-refractivity contribution in [1.82, 2.24) is 4.98 Å². The van der Waals surface area contributed by atoms with E-state index in [-0.39, 0.29) is 28.6 Å². The van der Waals surface area contributed by atoms with Gasteiger partial charge < -0.3 is 10.8 Å². The molecule has 2 atom stereocenters. The third kappa shape index (κ3) is 4.99. The van der Waals surface area contributed by atoms with Crippen molar-refractivity contribution in [3.8, 4) is 17.0 Å². The number of nitrogens with zero attached hydrogens (tertiary/aromatic N) is 2. The average Bonchev–Trinajstić information content (AvgIpc) is 3.32. The summed E-state index contributed by atoms with van der Waals surface area (Å²) in [7, 11) is 0. The molecular weight excluding hydrogens is 374 g/mol. The first-order valence-electron chi connectivity index (χ1n) is 8.98. The minimum atomic E-state index is -4.55. The monoisotopic (exact) mass is 397 g/mol. The number of halogens is 4. The maximum Gasteiger partial charge on any atom is 0.416 e. The molecule has 0 bridgehead atoms. The van der Waals surface area contributed by atoms with Crippen molar-refractivity contribution in [2.24, 2.45) is 10.9 Å². The molecule has 1 aliphatic carbocycles. The van der Waals surface area contributed by atoms with E-state index in [4.69, 9.17) is 5.73 Å². The normalized spacial score (nSPS) is 18.7. The van der Waals surface area contributed by atoms with Gasteiger partial charge in [0.25, 0.3) is 0 Å². The van der Waals surface area contributed by atoms with Crippen LogP contribution in [0.1, 0.15) is 37.0 Å². The third-order valence-electron chi connectivity index (χ3n) is 4.26. The molecule has 1 aromatic heterocycles. The second-order valence-electron chi connectivity index (χ2n) is 6.36. The molecule has 3 rings (SSSR count). The second-order valence-corrected chi connectivity index (χ2v) is 6.36. The largest absolute Gasteiger partial charge is 0.507 e. The average molecular weight is 397 g/mol. The number of anilines is 1. The van der Waals surface area contributed by atoms with E-state index < -0.39 is 23.7 Å². The SMILES string of the molecule is CC.Cc1cc(C(F)(F)F)cc(O)c1-c1ccc(C=NC[C@@H]2C[C@@H]2F)c(N)n1. The summed E-state index contributed by atoms with van der Waals surface area (Å²) in [4.78, 5) is 8.29. The Labute approximate surface area is 161 Å². The van der Waals surface area contributed by atoms with Crippen molar-refractivity contribution in [2.45, 2.75) is 39.5 Å². The lowest BCUT2D eigenvalue weighted by Crippen LogP contribution is -2.06. The molecule has 3 N–H and O–H groups in total. The fourth-order valence-corrected chi connectivity index (χ4v) is 2.69. The summed E-state index contributed by atoms with van der Waals surface area (Å²) in [5.74, 6) is -0.433. The van der Waals surface area contributed by atoms with Crippen LogP contribution in [-0.4, -0.2) is 29.0 Å². The third-order valence-corrected chi connectivity index (χ3v) is 4.26. The second kappa shape index (κ2) is 8.58. The number of benzene rings is 1. The van der Waals surface area contributed by atoms with E-state index in [1.807, 2.05) is 13.8 Å². The quantitative estimate of drug-likeness (QED) is 0.552. The van der Waals surface area contributed by atoms with Gasteiger partial charge in [0, 0.05) is 29.8 Å². The summed E-state index contributed by atoms with van der Waals surface area (Å²) in [6, 6.07) is 4.77. The van der Waals surface area contributed by atoms with Crippen LogP contribution < -0.4 is 5.73 Å². The molecule has 1 fully saturated rings. The Morgan fingerprint density at radius 2 is 1.93 bits per heavy atom. The van der Waals surface area contributed by atoms with E-state index in [1.54, 1.807) is 12.1 Å². The maximum atomic E-state index is 12.8. The number of nitrogens with two attached hydrogens (primary N) is 1. The van der Waals surface area contributed by atoms with Crippen molar-refractivity contribution in [3.63, 3.8) is 0 Å². The Morgan fingerprint density at radius 1 is 1.29 bits per heavy atom.